The van der Waals surface area contributed by atoms with Crippen LogP contribution in [0.15, 0.2) is 17.1 Å². The highest BCUT2D eigenvalue weighted by Crippen LogP contribution is 2.30. The van der Waals surface area contributed by atoms with E-state index in [2.05, 4.69) is 15.3 Å². The molecule has 0 saturated heterocycles. The van der Waals surface area contributed by atoms with Gasteiger partial charge in [-0.1, -0.05) is 12.1 Å². The Morgan fingerprint density at radius 3 is 2.63 bits per heavy atom. The molecule has 0 aliphatic rings. The van der Waals surface area contributed by atoms with E-state index >= 15 is 0 Å². The summed E-state index contributed by atoms with van der Waals surface area (Å²) in [5.41, 5.74) is 3.59. The smallest absolute Gasteiger partial charge is 0.149 e. The Bertz CT molecular complexity index is 586. The molecule has 2 rings (SSSR count). The van der Waals surface area contributed by atoms with Crippen LogP contribution >= 0.6 is 0 Å². The Hall–Kier alpha value is -2.04. The summed E-state index contributed by atoms with van der Waals surface area (Å²) >= 11 is 0. The van der Waals surface area contributed by atoms with Crippen LogP contribution in [0.3, 0.4) is 0 Å². The van der Waals surface area contributed by atoms with Crippen LogP contribution in [0.25, 0.3) is 11.3 Å². The molecular formula is C14H17FN4. The molecule has 0 fully saturated rings. The lowest BCUT2D eigenvalue weighted by Gasteiger charge is -2.07. The number of hydrogen-bond acceptors (Lipinski definition) is 3. The molecule has 100 valence electrons. The van der Waals surface area contributed by atoms with Gasteiger partial charge >= 0.3 is 0 Å². The molecule has 0 radical (unpaired) electrons. The molecular weight excluding hydrogens is 243 g/mol. The monoisotopic (exact) mass is 260 g/mol. The van der Waals surface area contributed by atoms with Gasteiger partial charge in [-0.05, 0) is 38.0 Å². The van der Waals surface area contributed by atoms with Crippen LogP contribution in [0.1, 0.15) is 24.6 Å². The fraction of sp³-hybridized carbons (Fsp3) is 0.357. The number of hydrogen-bond donors (Lipinski definition) is 0. The summed E-state index contributed by atoms with van der Waals surface area (Å²) in [6.45, 7) is 5.68. The van der Waals surface area contributed by atoms with E-state index in [-0.39, 0.29) is 5.82 Å². The molecule has 0 atom stereocenters. The van der Waals surface area contributed by atoms with E-state index in [0.29, 0.717) is 5.69 Å². The van der Waals surface area contributed by atoms with E-state index in [9.17, 15) is 4.39 Å². The number of aromatic nitrogens is 3. The Kier molecular flexibility index (Phi) is 3.74. The summed E-state index contributed by atoms with van der Waals surface area (Å²) in [4.78, 5) is 4.15. The van der Waals surface area contributed by atoms with Crippen molar-refractivity contribution in [2.24, 2.45) is 12.0 Å². The van der Waals surface area contributed by atoms with Gasteiger partial charge in [0.2, 0.25) is 0 Å². The maximum atomic E-state index is 14.1. The van der Waals surface area contributed by atoms with Gasteiger partial charge in [0, 0.05) is 18.8 Å². The Morgan fingerprint density at radius 2 is 2.11 bits per heavy atom. The zero-order valence-electron chi connectivity index (χ0n) is 11.6. The fourth-order valence-corrected chi connectivity index (χ4v) is 2.08. The molecule has 1 aromatic heterocycles. The molecule has 0 amide bonds. The summed E-state index contributed by atoms with van der Waals surface area (Å²) in [6.07, 6.45) is 2.49. The van der Waals surface area contributed by atoms with Crippen molar-refractivity contribution in [3.63, 3.8) is 0 Å². The lowest BCUT2D eigenvalue weighted by molar-refractivity contribution is 0.629. The average molecular weight is 260 g/mol. The van der Waals surface area contributed by atoms with Gasteiger partial charge in [-0.25, -0.2) is 9.07 Å². The predicted octanol–water partition coefficient (Wildman–Crippen LogP) is 3.35. The normalized spacial score (nSPS) is 11.4. The lowest BCUT2D eigenvalue weighted by Crippen LogP contribution is -1.96. The van der Waals surface area contributed by atoms with E-state index in [4.69, 9.17) is 0 Å². The summed E-state index contributed by atoms with van der Waals surface area (Å²) in [5.74, 6) is -0.319. The zero-order chi connectivity index (χ0) is 14.0. The van der Waals surface area contributed by atoms with Gasteiger partial charge in [0.1, 0.15) is 11.5 Å². The number of nitrogens with zero attached hydrogens (tertiary/aromatic N) is 4. The van der Waals surface area contributed by atoms with E-state index in [1.807, 2.05) is 26.8 Å². The highest BCUT2D eigenvalue weighted by molar-refractivity contribution is 5.70. The third kappa shape index (κ3) is 2.54. The van der Waals surface area contributed by atoms with Crippen LogP contribution in [0.2, 0.25) is 0 Å². The van der Waals surface area contributed by atoms with Crippen LogP contribution in [-0.4, -0.2) is 21.2 Å². The van der Waals surface area contributed by atoms with Crippen LogP contribution in [-0.2, 0) is 7.05 Å². The molecule has 19 heavy (non-hydrogen) atoms. The van der Waals surface area contributed by atoms with Gasteiger partial charge in [-0.2, -0.15) is 0 Å². The molecule has 1 heterocycles. The SMILES string of the molecule is CC/C=N\c1c(C)cc(-c2c(C)nnn2C)cc1F. The average Bonchev–Trinajstić information content (AvgIpc) is 2.68. The third-order valence-electron chi connectivity index (χ3n) is 2.93. The first-order chi connectivity index (χ1) is 9.04. The first kappa shape index (κ1) is 13.4. The number of benzene rings is 1. The molecule has 1 aromatic carbocycles. The molecule has 0 saturated carbocycles. The molecule has 5 heteroatoms. The second-order valence-corrected chi connectivity index (χ2v) is 4.49. The summed E-state index contributed by atoms with van der Waals surface area (Å²) in [7, 11) is 1.80. The van der Waals surface area contributed by atoms with Gasteiger partial charge in [0.05, 0.1) is 11.4 Å². The largest absolute Gasteiger partial charge is 0.258 e. The Labute approximate surface area is 112 Å². The maximum absolute atomic E-state index is 14.1. The fourth-order valence-electron chi connectivity index (χ4n) is 2.08. The van der Waals surface area contributed by atoms with Crippen molar-refractivity contribution in [3.05, 3.63) is 29.2 Å². The van der Waals surface area contributed by atoms with Crippen molar-refractivity contribution >= 4 is 11.9 Å². The van der Waals surface area contributed by atoms with Gasteiger partial charge < -0.3 is 0 Å². The number of aliphatic imine (C=N–C) groups is 1. The highest BCUT2D eigenvalue weighted by Gasteiger charge is 2.13. The maximum Gasteiger partial charge on any atom is 0.149 e. The van der Waals surface area contributed by atoms with E-state index in [1.54, 1.807) is 17.9 Å². The van der Waals surface area contributed by atoms with Gasteiger partial charge in [0.15, 0.2) is 0 Å². The Morgan fingerprint density at radius 1 is 1.37 bits per heavy atom. The standard InChI is InChI=1S/C14H17FN4/c1-5-6-16-13-9(2)7-11(8-12(13)15)14-10(3)17-18-19(14)4/h6-8H,5H2,1-4H3/b16-6-. The predicted molar refractivity (Wildman–Crippen MR) is 74.3 cm³/mol. The first-order valence-electron chi connectivity index (χ1n) is 6.24. The van der Waals surface area contributed by atoms with E-state index < -0.39 is 0 Å². The minimum Gasteiger partial charge on any atom is -0.258 e. The van der Waals surface area contributed by atoms with Crippen LogP contribution in [0.5, 0.6) is 0 Å². The zero-order valence-corrected chi connectivity index (χ0v) is 11.6. The lowest BCUT2D eigenvalue weighted by atomic mass is 10.1. The summed E-state index contributed by atoms with van der Waals surface area (Å²) in [6, 6.07) is 3.40. The second-order valence-electron chi connectivity index (χ2n) is 4.49. The van der Waals surface area contributed by atoms with Gasteiger partial charge in [-0.15, -0.1) is 5.10 Å². The Balaban J connectivity index is 2.54. The molecule has 0 spiro atoms. The van der Waals surface area contributed by atoms with Crippen molar-refractivity contribution in [2.45, 2.75) is 27.2 Å². The van der Waals surface area contributed by atoms with Crippen molar-refractivity contribution in [1.82, 2.24) is 15.0 Å². The third-order valence-corrected chi connectivity index (χ3v) is 2.93. The number of aryl methyl sites for hydroxylation is 3. The topological polar surface area (TPSA) is 43.1 Å². The van der Waals surface area contributed by atoms with Crippen LogP contribution in [0, 0.1) is 19.7 Å². The number of rotatable bonds is 3. The molecule has 0 aliphatic heterocycles. The minimum atomic E-state index is -0.319. The molecule has 0 bridgehead atoms. The number of halogens is 1. The van der Waals surface area contributed by atoms with E-state index in [1.165, 1.54) is 6.07 Å². The first-order valence-corrected chi connectivity index (χ1v) is 6.24. The molecule has 2 aromatic rings. The van der Waals surface area contributed by atoms with Gasteiger partial charge in [-0.3, -0.25) is 4.99 Å². The summed E-state index contributed by atoms with van der Waals surface area (Å²) in [5, 5.41) is 7.92. The van der Waals surface area contributed by atoms with Crippen molar-refractivity contribution in [1.29, 1.82) is 0 Å². The van der Waals surface area contributed by atoms with Crippen molar-refractivity contribution in [3.8, 4) is 11.3 Å². The van der Waals surface area contributed by atoms with Crippen molar-refractivity contribution < 1.29 is 4.39 Å². The highest BCUT2D eigenvalue weighted by atomic mass is 19.1. The van der Waals surface area contributed by atoms with Gasteiger partial charge in [0.25, 0.3) is 0 Å². The second kappa shape index (κ2) is 5.30. The van der Waals surface area contributed by atoms with Crippen LogP contribution < -0.4 is 0 Å². The van der Waals surface area contributed by atoms with Crippen LogP contribution in [0.4, 0.5) is 10.1 Å². The van der Waals surface area contributed by atoms with E-state index in [0.717, 1.165) is 28.9 Å². The molecule has 0 aliphatic carbocycles. The minimum absolute atomic E-state index is 0.319. The quantitative estimate of drug-likeness (QED) is 0.794. The molecule has 4 nitrogen and oxygen atoms in total. The molecule has 0 unspecified atom stereocenters. The van der Waals surface area contributed by atoms with Crippen molar-refractivity contribution in [2.75, 3.05) is 0 Å². The molecule has 0 N–H and O–H groups in total. The summed E-state index contributed by atoms with van der Waals surface area (Å²) < 4.78 is 15.8.